The first-order chi connectivity index (χ1) is 9.10. The van der Waals surface area contributed by atoms with Gasteiger partial charge in [0.15, 0.2) is 0 Å². The minimum atomic E-state index is 0.309. The van der Waals surface area contributed by atoms with Crippen molar-refractivity contribution >= 4 is 5.82 Å². The molecule has 1 fully saturated rings. The maximum Gasteiger partial charge on any atom is 0.128 e. The quantitative estimate of drug-likeness (QED) is 0.877. The maximum absolute atomic E-state index is 5.98. The Hall–Kier alpha value is -1.13. The van der Waals surface area contributed by atoms with Crippen LogP contribution >= 0.6 is 0 Å². The van der Waals surface area contributed by atoms with Gasteiger partial charge in [-0.2, -0.15) is 0 Å². The SMILES string of the molecule is CCN(C)c1ccc(CN2CCC(C(C)N)C2)cn1. The van der Waals surface area contributed by atoms with Crippen molar-refractivity contribution in [1.29, 1.82) is 0 Å². The van der Waals surface area contributed by atoms with Crippen molar-refractivity contribution in [2.75, 3.05) is 31.6 Å². The van der Waals surface area contributed by atoms with Gasteiger partial charge in [-0.1, -0.05) is 6.07 Å². The molecule has 19 heavy (non-hydrogen) atoms. The van der Waals surface area contributed by atoms with E-state index < -0.39 is 0 Å². The van der Waals surface area contributed by atoms with Gasteiger partial charge in [-0.05, 0) is 44.4 Å². The smallest absolute Gasteiger partial charge is 0.128 e. The van der Waals surface area contributed by atoms with E-state index in [-0.39, 0.29) is 0 Å². The van der Waals surface area contributed by atoms with Gasteiger partial charge in [0.05, 0.1) is 0 Å². The molecule has 2 atom stereocenters. The second-order valence-corrected chi connectivity index (χ2v) is 5.68. The van der Waals surface area contributed by atoms with Gasteiger partial charge in [-0.15, -0.1) is 0 Å². The van der Waals surface area contributed by atoms with Crippen molar-refractivity contribution in [3.8, 4) is 0 Å². The molecule has 1 aliphatic heterocycles. The first kappa shape index (κ1) is 14.3. The van der Waals surface area contributed by atoms with Gasteiger partial charge >= 0.3 is 0 Å². The summed E-state index contributed by atoms with van der Waals surface area (Å²) in [6.45, 7) is 8.50. The van der Waals surface area contributed by atoms with Gasteiger partial charge < -0.3 is 10.6 Å². The van der Waals surface area contributed by atoms with Crippen LogP contribution in [-0.4, -0.2) is 42.6 Å². The highest BCUT2D eigenvalue weighted by atomic mass is 15.2. The molecule has 0 aliphatic carbocycles. The third kappa shape index (κ3) is 3.67. The third-order valence-corrected chi connectivity index (χ3v) is 4.13. The summed E-state index contributed by atoms with van der Waals surface area (Å²) in [6, 6.07) is 4.61. The Morgan fingerprint density at radius 3 is 2.84 bits per heavy atom. The summed E-state index contributed by atoms with van der Waals surface area (Å²) < 4.78 is 0. The molecule has 1 aromatic heterocycles. The average molecular weight is 262 g/mol. The van der Waals surface area contributed by atoms with Crippen LogP contribution in [0.25, 0.3) is 0 Å². The standard InChI is InChI=1S/C15H26N4/c1-4-18(3)15-6-5-13(9-17-15)10-19-8-7-14(11-19)12(2)16/h5-6,9,12,14H,4,7-8,10-11,16H2,1-3H3. The fourth-order valence-electron chi connectivity index (χ4n) is 2.59. The van der Waals surface area contributed by atoms with Gasteiger partial charge in [0.2, 0.25) is 0 Å². The minimum Gasteiger partial charge on any atom is -0.360 e. The number of aromatic nitrogens is 1. The lowest BCUT2D eigenvalue weighted by Crippen LogP contribution is -2.29. The van der Waals surface area contributed by atoms with E-state index in [0.29, 0.717) is 12.0 Å². The molecule has 0 saturated carbocycles. The number of rotatable bonds is 5. The number of nitrogens with two attached hydrogens (primary N) is 1. The summed E-state index contributed by atoms with van der Waals surface area (Å²) in [5.74, 6) is 1.69. The monoisotopic (exact) mass is 262 g/mol. The van der Waals surface area contributed by atoms with Crippen molar-refractivity contribution in [2.45, 2.75) is 32.9 Å². The average Bonchev–Trinajstić information content (AvgIpc) is 2.87. The van der Waals surface area contributed by atoms with Crippen LogP contribution in [0.2, 0.25) is 0 Å². The fraction of sp³-hybridized carbons (Fsp3) is 0.667. The predicted octanol–water partition coefficient (Wildman–Crippen LogP) is 1.71. The number of pyridine rings is 1. The van der Waals surface area contributed by atoms with E-state index in [9.17, 15) is 0 Å². The maximum atomic E-state index is 5.98. The van der Waals surface area contributed by atoms with Crippen molar-refractivity contribution < 1.29 is 0 Å². The van der Waals surface area contributed by atoms with Crippen LogP contribution in [0, 0.1) is 5.92 Å². The normalized spacial score (nSPS) is 21.6. The van der Waals surface area contributed by atoms with Gasteiger partial charge in [0.25, 0.3) is 0 Å². The molecule has 106 valence electrons. The number of hydrogen-bond acceptors (Lipinski definition) is 4. The molecular weight excluding hydrogens is 236 g/mol. The number of anilines is 1. The molecule has 2 N–H and O–H groups in total. The highest BCUT2D eigenvalue weighted by Gasteiger charge is 2.24. The number of nitrogens with zero attached hydrogens (tertiary/aromatic N) is 3. The van der Waals surface area contributed by atoms with E-state index >= 15 is 0 Å². The molecule has 0 spiro atoms. The molecule has 4 heteroatoms. The molecule has 2 heterocycles. The lowest BCUT2D eigenvalue weighted by molar-refractivity contribution is 0.308. The minimum absolute atomic E-state index is 0.309. The van der Waals surface area contributed by atoms with E-state index in [1.807, 2.05) is 6.20 Å². The molecule has 1 aliphatic rings. The molecule has 2 unspecified atom stereocenters. The Balaban J connectivity index is 1.90. The Morgan fingerprint density at radius 2 is 2.32 bits per heavy atom. The summed E-state index contributed by atoms with van der Waals surface area (Å²) in [7, 11) is 2.07. The summed E-state index contributed by atoms with van der Waals surface area (Å²) in [6.07, 6.45) is 3.22. The number of hydrogen-bond donors (Lipinski definition) is 1. The molecule has 0 bridgehead atoms. The van der Waals surface area contributed by atoms with E-state index in [0.717, 1.165) is 32.0 Å². The van der Waals surface area contributed by atoms with Gasteiger partial charge in [0, 0.05) is 38.9 Å². The highest BCUT2D eigenvalue weighted by molar-refractivity contribution is 5.37. The lowest BCUT2D eigenvalue weighted by atomic mass is 10.0. The highest BCUT2D eigenvalue weighted by Crippen LogP contribution is 2.21. The molecular formula is C15H26N4. The molecule has 0 aromatic carbocycles. The van der Waals surface area contributed by atoms with Gasteiger partial charge in [0.1, 0.15) is 5.82 Å². The first-order valence-corrected chi connectivity index (χ1v) is 7.24. The molecule has 1 saturated heterocycles. The molecule has 0 radical (unpaired) electrons. The van der Waals surface area contributed by atoms with Crippen molar-refractivity contribution in [2.24, 2.45) is 11.7 Å². The lowest BCUT2D eigenvalue weighted by Gasteiger charge is -2.19. The third-order valence-electron chi connectivity index (χ3n) is 4.13. The second-order valence-electron chi connectivity index (χ2n) is 5.68. The molecule has 1 aromatic rings. The summed E-state index contributed by atoms with van der Waals surface area (Å²) in [5, 5.41) is 0. The van der Waals surface area contributed by atoms with Crippen LogP contribution in [0.3, 0.4) is 0 Å². The Labute approximate surface area is 116 Å². The van der Waals surface area contributed by atoms with Crippen molar-refractivity contribution in [3.05, 3.63) is 23.9 Å². The zero-order valence-corrected chi connectivity index (χ0v) is 12.3. The van der Waals surface area contributed by atoms with Crippen LogP contribution in [0.1, 0.15) is 25.8 Å². The Bertz CT molecular complexity index is 388. The molecule has 4 nitrogen and oxygen atoms in total. The molecule has 2 rings (SSSR count). The first-order valence-electron chi connectivity index (χ1n) is 7.24. The summed E-state index contributed by atoms with van der Waals surface area (Å²) in [4.78, 5) is 9.15. The predicted molar refractivity (Wildman–Crippen MR) is 80.2 cm³/mol. The topological polar surface area (TPSA) is 45.4 Å². The van der Waals surface area contributed by atoms with Crippen LogP contribution in [0.4, 0.5) is 5.82 Å². The van der Waals surface area contributed by atoms with E-state index in [2.05, 4.69) is 47.8 Å². The zero-order chi connectivity index (χ0) is 13.8. The van der Waals surface area contributed by atoms with Crippen LogP contribution < -0.4 is 10.6 Å². The van der Waals surface area contributed by atoms with Gasteiger partial charge in [-0.3, -0.25) is 4.90 Å². The van der Waals surface area contributed by atoms with Gasteiger partial charge in [-0.25, -0.2) is 4.98 Å². The molecule has 0 amide bonds. The number of likely N-dealkylation sites (tertiary alicyclic amines) is 1. The van der Waals surface area contributed by atoms with E-state index in [1.54, 1.807) is 0 Å². The zero-order valence-electron chi connectivity index (χ0n) is 12.3. The van der Waals surface area contributed by atoms with E-state index in [1.165, 1.54) is 12.0 Å². The van der Waals surface area contributed by atoms with Crippen molar-refractivity contribution in [3.63, 3.8) is 0 Å². The largest absolute Gasteiger partial charge is 0.360 e. The Kier molecular flexibility index (Phi) is 4.77. The van der Waals surface area contributed by atoms with Crippen LogP contribution in [-0.2, 0) is 6.54 Å². The van der Waals surface area contributed by atoms with Crippen LogP contribution in [0.5, 0.6) is 0 Å². The summed E-state index contributed by atoms with van der Waals surface area (Å²) >= 11 is 0. The second kappa shape index (κ2) is 6.35. The van der Waals surface area contributed by atoms with Crippen molar-refractivity contribution in [1.82, 2.24) is 9.88 Å². The van der Waals surface area contributed by atoms with Crippen LogP contribution in [0.15, 0.2) is 18.3 Å². The van der Waals surface area contributed by atoms with E-state index in [4.69, 9.17) is 5.73 Å². The summed E-state index contributed by atoms with van der Waals surface area (Å²) in [5.41, 5.74) is 7.27. The fourth-order valence-corrected chi connectivity index (χ4v) is 2.59. The Morgan fingerprint density at radius 1 is 1.53 bits per heavy atom.